The molecule has 1 heterocycles. The molecule has 1 aliphatic heterocycles. The van der Waals surface area contributed by atoms with Gasteiger partial charge in [-0.05, 0) is 17.5 Å². The molecule has 0 fully saturated rings. The van der Waals surface area contributed by atoms with E-state index in [2.05, 4.69) is 48.4 Å². The molecule has 0 saturated heterocycles. The van der Waals surface area contributed by atoms with Crippen LogP contribution in [0.15, 0.2) is 29.3 Å². The molecule has 1 aromatic rings. The molecule has 104 valence electrons. The molecule has 0 aromatic heterocycles. The van der Waals surface area contributed by atoms with E-state index in [1.807, 2.05) is 11.8 Å². The Hall–Kier alpha value is -1.00. The Labute approximate surface area is 120 Å². The van der Waals surface area contributed by atoms with Gasteiger partial charge in [0.1, 0.15) is 6.17 Å². The highest BCUT2D eigenvalue weighted by Crippen LogP contribution is 2.22. The van der Waals surface area contributed by atoms with Crippen LogP contribution in [-0.2, 0) is 5.75 Å². The Bertz CT molecular complexity index is 428. The maximum Gasteiger partial charge on any atom is 0.127 e. The second-order valence-corrected chi connectivity index (χ2v) is 6.43. The van der Waals surface area contributed by atoms with Crippen molar-refractivity contribution in [3.05, 3.63) is 35.4 Å². The SMILES string of the molecule is CCC(C)SCc1ccc(C2N=C(N)CCN2)cc1. The summed E-state index contributed by atoms with van der Waals surface area (Å²) < 4.78 is 0. The summed E-state index contributed by atoms with van der Waals surface area (Å²) in [4.78, 5) is 4.45. The van der Waals surface area contributed by atoms with Crippen molar-refractivity contribution in [2.45, 2.75) is 43.9 Å². The largest absolute Gasteiger partial charge is 0.387 e. The van der Waals surface area contributed by atoms with Crippen molar-refractivity contribution in [3.8, 4) is 0 Å². The summed E-state index contributed by atoms with van der Waals surface area (Å²) in [6.45, 7) is 5.42. The highest BCUT2D eigenvalue weighted by Gasteiger charge is 2.14. The third kappa shape index (κ3) is 4.25. The summed E-state index contributed by atoms with van der Waals surface area (Å²) in [5.74, 6) is 1.83. The molecule has 0 radical (unpaired) electrons. The molecule has 2 rings (SSSR count). The number of hydrogen-bond acceptors (Lipinski definition) is 4. The van der Waals surface area contributed by atoms with Crippen molar-refractivity contribution in [2.75, 3.05) is 6.54 Å². The van der Waals surface area contributed by atoms with Crippen LogP contribution in [0.3, 0.4) is 0 Å². The quantitative estimate of drug-likeness (QED) is 0.869. The summed E-state index contributed by atoms with van der Waals surface area (Å²) in [6, 6.07) is 8.72. The lowest BCUT2D eigenvalue weighted by atomic mass is 10.1. The van der Waals surface area contributed by atoms with E-state index in [0.717, 1.165) is 29.8 Å². The summed E-state index contributed by atoms with van der Waals surface area (Å²) in [5.41, 5.74) is 8.37. The maximum atomic E-state index is 5.80. The first-order valence-electron chi connectivity index (χ1n) is 6.95. The van der Waals surface area contributed by atoms with E-state index in [0.29, 0.717) is 0 Å². The summed E-state index contributed by atoms with van der Waals surface area (Å²) in [7, 11) is 0. The molecule has 0 bridgehead atoms. The van der Waals surface area contributed by atoms with E-state index in [4.69, 9.17) is 5.73 Å². The lowest BCUT2D eigenvalue weighted by Crippen LogP contribution is -2.32. The Kier molecular flexibility index (Phi) is 5.28. The first-order valence-corrected chi connectivity index (χ1v) is 8.00. The highest BCUT2D eigenvalue weighted by atomic mass is 32.2. The molecule has 0 spiro atoms. The Balaban J connectivity index is 1.96. The van der Waals surface area contributed by atoms with Crippen LogP contribution in [0.4, 0.5) is 0 Å². The van der Waals surface area contributed by atoms with Gasteiger partial charge in [0.05, 0.1) is 5.84 Å². The average molecular weight is 277 g/mol. The number of rotatable bonds is 5. The van der Waals surface area contributed by atoms with E-state index in [1.54, 1.807) is 0 Å². The molecular formula is C15H23N3S. The van der Waals surface area contributed by atoms with Gasteiger partial charge in [-0.2, -0.15) is 11.8 Å². The molecule has 3 nitrogen and oxygen atoms in total. The van der Waals surface area contributed by atoms with Crippen molar-refractivity contribution < 1.29 is 0 Å². The van der Waals surface area contributed by atoms with E-state index in [-0.39, 0.29) is 6.17 Å². The van der Waals surface area contributed by atoms with Crippen LogP contribution >= 0.6 is 11.8 Å². The van der Waals surface area contributed by atoms with Gasteiger partial charge in [0.15, 0.2) is 0 Å². The Morgan fingerprint density at radius 2 is 2.16 bits per heavy atom. The van der Waals surface area contributed by atoms with Gasteiger partial charge >= 0.3 is 0 Å². The van der Waals surface area contributed by atoms with Crippen molar-refractivity contribution in [1.82, 2.24) is 5.32 Å². The van der Waals surface area contributed by atoms with E-state index >= 15 is 0 Å². The number of aliphatic imine (C=N–C) groups is 1. The number of thioether (sulfide) groups is 1. The fourth-order valence-electron chi connectivity index (χ4n) is 1.96. The van der Waals surface area contributed by atoms with Crippen molar-refractivity contribution in [3.63, 3.8) is 0 Å². The van der Waals surface area contributed by atoms with Crippen LogP contribution in [0.1, 0.15) is 44.0 Å². The molecule has 1 aromatic carbocycles. The molecule has 4 heteroatoms. The van der Waals surface area contributed by atoms with Crippen molar-refractivity contribution in [1.29, 1.82) is 0 Å². The minimum absolute atomic E-state index is 0.0324. The van der Waals surface area contributed by atoms with Crippen LogP contribution in [0.25, 0.3) is 0 Å². The Morgan fingerprint density at radius 3 is 2.79 bits per heavy atom. The molecule has 1 aliphatic rings. The van der Waals surface area contributed by atoms with Crippen LogP contribution in [0, 0.1) is 0 Å². The topological polar surface area (TPSA) is 50.4 Å². The third-order valence-corrected chi connectivity index (χ3v) is 4.82. The van der Waals surface area contributed by atoms with Crippen molar-refractivity contribution in [2.24, 2.45) is 10.7 Å². The van der Waals surface area contributed by atoms with Crippen LogP contribution in [0.2, 0.25) is 0 Å². The van der Waals surface area contributed by atoms with Gasteiger partial charge in [0.2, 0.25) is 0 Å². The maximum absolute atomic E-state index is 5.80. The van der Waals surface area contributed by atoms with Gasteiger partial charge in [-0.1, -0.05) is 38.1 Å². The van der Waals surface area contributed by atoms with Gasteiger partial charge in [-0.25, -0.2) is 4.99 Å². The summed E-state index contributed by atoms with van der Waals surface area (Å²) in [6.07, 6.45) is 2.10. The average Bonchev–Trinajstić information content (AvgIpc) is 2.45. The first kappa shape index (κ1) is 14.4. The standard InChI is InChI=1S/C15H23N3S/c1-3-11(2)19-10-12-4-6-13(7-5-12)15-17-9-8-14(16)18-15/h4-7,11,15,17H,3,8-10H2,1-2H3,(H2,16,18). The molecule has 19 heavy (non-hydrogen) atoms. The van der Waals surface area contributed by atoms with Gasteiger partial charge in [0.25, 0.3) is 0 Å². The fourth-order valence-corrected chi connectivity index (χ4v) is 2.86. The lowest BCUT2D eigenvalue weighted by Gasteiger charge is -2.20. The number of nitrogens with zero attached hydrogens (tertiary/aromatic N) is 1. The number of amidine groups is 1. The second-order valence-electron chi connectivity index (χ2n) is 5.00. The summed E-state index contributed by atoms with van der Waals surface area (Å²) in [5, 5.41) is 4.10. The van der Waals surface area contributed by atoms with E-state index in [9.17, 15) is 0 Å². The van der Waals surface area contributed by atoms with E-state index < -0.39 is 0 Å². The van der Waals surface area contributed by atoms with Crippen molar-refractivity contribution >= 4 is 17.6 Å². The highest BCUT2D eigenvalue weighted by molar-refractivity contribution is 7.99. The minimum Gasteiger partial charge on any atom is -0.387 e. The third-order valence-electron chi connectivity index (χ3n) is 3.42. The monoisotopic (exact) mass is 277 g/mol. The zero-order valence-corrected chi connectivity index (χ0v) is 12.5. The molecule has 2 atom stereocenters. The van der Waals surface area contributed by atoms with Crippen LogP contribution in [-0.4, -0.2) is 17.6 Å². The lowest BCUT2D eigenvalue weighted by molar-refractivity contribution is 0.540. The predicted octanol–water partition coefficient (Wildman–Crippen LogP) is 3.07. The summed E-state index contributed by atoms with van der Waals surface area (Å²) >= 11 is 2.01. The van der Waals surface area contributed by atoms with Gasteiger partial charge in [-0.15, -0.1) is 0 Å². The van der Waals surface area contributed by atoms with Gasteiger partial charge in [0, 0.05) is 24.0 Å². The zero-order valence-electron chi connectivity index (χ0n) is 11.7. The Morgan fingerprint density at radius 1 is 1.42 bits per heavy atom. The zero-order chi connectivity index (χ0) is 13.7. The molecule has 0 aliphatic carbocycles. The molecule has 2 unspecified atom stereocenters. The van der Waals surface area contributed by atoms with E-state index in [1.165, 1.54) is 17.5 Å². The fraction of sp³-hybridized carbons (Fsp3) is 0.533. The predicted molar refractivity (Wildman–Crippen MR) is 84.5 cm³/mol. The van der Waals surface area contributed by atoms with Gasteiger partial charge < -0.3 is 5.73 Å². The molecule has 0 amide bonds. The number of nitrogens with two attached hydrogens (primary N) is 1. The second kappa shape index (κ2) is 6.96. The smallest absolute Gasteiger partial charge is 0.127 e. The molecular weight excluding hydrogens is 254 g/mol. The number of nitrogens with one attached hydrogen (secondary N) is 1. The minimum atomic E-state index is 0.0324. The van der Waals surface area contributed by atoms with Crippen LogP contribution in [0.5, 0.6) is 0 Å². The molecule has 0 saturated carbocycles. The molecule has 3 N–H and O–H groups in total. The number of hydrogen-bond donors (Lipinski definition) is 2. The van der Waals surface area contributed by atoms with Crippen LogP contribution < -0.4 is 11.1 Å². The first-order chi connectivity index (χ1) is 9.19. The number of benzene rings is 1. The van der Waals surface area contributed by atoms with Gasteiger partial charge in [-0.3, -0.25) is 5.32 Å². The normalized spacial score (nSPS) is 20.9.